The van der Waals surface area contributed by atoms with Crippen LogP contribution in [0.15, 0.2) is 35.7 Å². The van der Waals surface area contributed by atoms with Gasteiger partial charge in [-0.1, -0.05) is 0 Å². The first-order valence-corrected chi connectivity index (χ1v) is 8.55. The van der Waals surface area contributed by atoms with Crippen molar-refractivity contribution < 1.29 is 9.18 Å². The average Bonchev–Trinajstić information content (AvgIpc) is 3.10. The van der Waals surface area contributed by atoms with E-state index < -0.39 is 0 Å². The van der Waals surface area contributed by atoms with Gasteiger partial charge >= 0.3 is 0 Å². The zero-order valence-corrected chi connectivity index (χ0v) is 14.9. The number of halogens is 1. The maximum absolute atomic E-state index is 13.1. The molecule has 0 radical (unpaired) electrons. The van der Waals surface area contributed by atoms with Crippen LogP contribution in [0.3, 0.4) is 0 Å². The van der Waals surface area contributed by atoms with Crippen molar-refractivity contribution in [2.24, 2.45) is 0 Å². The van der Waals surface area contributed by atoms with Crippen LogP contribution in [0.5, 0.6) is 0 Å². The number of thiazole rings is 1. The number of rotatable bonds is 4. The maximum atomic E-state index is 13.1. The summed E-state index contributed by atoms with van der Waals surface area (Å²) in [5, 5.41) is 9.65. The highest BCUT2D eigenvalue weighted by Crippen LogP contribution is 2.20. The van der Waals surface area contributed by atoms with E-state index in [1.165, 1.54) is 29.5 Å². The third kappa shape index (κ3) is 3.83. The number of aryl methyl sites for hydroxylation is 2. The number of hydrogen-bond donors (Lipinski definition) is 1. The standard InChI is InChI=1S/C18H17FN4OS/c1-11-10-25-18(20-11)21-17(24)9-8-16-12(2)22-23(13(16)3)15-6-4-14(19)5-7-15/h4-10H,1-3H3,(H,20,21,24)/b9-8+. The molecule has 0 spiro atoms. The van der Waals surface area contributed by atoms with E-state index in [4.69, 9.17) is 0 Å². The van der Waals surface area contributed by atoms with Crippen molar-refractivity contribution in [3.63, 3.8) is 0 Å². The van der Waals surface area contributed by atoms with Gasteiger partial charge < -0.3 is 0 Å². The van der Waals surface area contributed by atoms with E-state index in [-0.39, 0.29) is 11.7 Å². The monoisotopic (exact) mass is 356 g/mol. The summed E-state index contributed by atoms with van der Waals surface area (Å²) in [6.07, 6.45) is 3.19. The molecule has 0 aliphatic heterocycles. The van der Waals surface area contributed by atoms with Crippen LogP contribution < -0.4 is 5.32 Å². The van der Waals surface area contributed by atoms with Crippen LogP contribution >= 0.6 is 11.3 Å². The van der Waals surface area contributed by atoms with E-state index in [1.807, 2.05) is 26.2 Å². The lowest BCUT2D eigenvalue weighted by atomic mass is 10.2. The van der Waals surface area contributed by atoms with Gasteiger partial charge in [-0.05, 0) is 51.1 Å². The Bertz CT molecular complexity index is 941. The van der Waals surface area contributed by atoms with Crippen LogP contribution in [0.25, 0.3) is 11.8 Å². The Balaban J connectivity index is 1.80. The Morgan fingerprint density at radius 1 is 1.24 bits per heavy atom. The number of nitrogens with one attached hydrogen (secondary N) is 1. The van der Waals surface area contributed by atoms with E-state index in [0.717, 1.165) is 28.3 Å². The lowest BCUT2D eigenvalue weighted by molar-refractivity contribution is -0.111. The first-order chi connectivity index (χ1) is 11.9. The molecular weight excluding hydrogens is 339 g/mol. The third-order valence-corrected chi connectivity index (χ3v) is 4.54. The van der Waals surface area contributed by atoms with Crippen molar-refractivity contribution >= 4 is 28.5 Å². The molecule has 3 rings (SSSR count). The minimum atomic E-state index is -0.292. The smallest absolute Gasteiger partial charge is 0.250 e. The van der Waals surface area contributed by atoms with Crippen LogP contribution in [0.2, 0.25) is 0 Å². The SMILES string of the molecule is Cc1csc(NC(=O)/C=C/c2c(C)nn(-c3ccc(F)cc3)c2C)n1. The Morgan fingerprint density at radius 2 is 1.96 bits per heavy atom. The molecule has 1 N–H and O–H groups in total. The van der Waals surface area contributed by atoms with Crippen molar-refractivity contribution in [3.8, 4) is 5.69 Å². The fraction of sp³-hybridized carbons (Fsp3) is 0.167. The van der Waals surface area contributed by atoms with Gasteiger partial charge in [-0.2, -0.15) is 5.10 Å². The summed E-state index contributed by atoms with van der Waals surface area (Å²) in [6.45, 7) is 5.65. The fourth-order valence-electron chi connectivity index (χ4n) is 2.45. The van der Waals surface area contributed by atoms with E-state index in [1.54, 1.807) is 22.9 Å². The zero-order valence-electron chi connectivity index (χ0n) is 14.1. The summed E-state index contributed by atoms with van der Waals surface area (Å²) < 4.78 is 14.8. The van der Waals surface area contributed by atoms with E-state index in [9.17, 15) is 9.18 Å². The Hall–Kier alpha value is -2.80. The summed E-state index contributed by atoms with van der Waals surface area (Å²) >= 11 is 1.38. The van der Waals surface area contributed by atoms with Crippen LogP contribution in [0.4, 0.5) is 9.52 Å². The quantitative estimate of drug-likeness (QED) is 0.718. The van der Waals surface area contributed by atoms with E-state index >= 15 is 0 Å². The van der Waals surface area contributed by atoms with Gasteiger partial charge in [-0.25, -0.2) is 14.1 Å². The molecule has 5 nitrogen and oxygen atoms in total. The molecular formula is C18H17FN4OS. The van der Waals surface area contributed by atoms with Crippen molar-refractivity contribution in [2.75, 3.05) is 5.32 Å². The van der Waals surface area contributed by atoms with Crippen molar-refractivity contribution in [1.29, 1.82) is 0 Å². The number of anilines is 1. The summed E-state index contributed by atoms with van der Waals surface area (Å²) in [4.78, 5) is 16.2. The van der Waals surface area contributed by atoms with Crippen LogP contribution in [0.1, 0.15) is 22.6 Å². The van der Waals surface area contributed by atoms with Gasteiger partial charge in [0.25, 0.3) is 0 Å². The number of aromatic nitrogens is 3. The molecule has 0 aliphatic rings. The molecule has 25 heavy (non-hydrogen) atoms. The topological polar surface area (TPSA) is 59.8 Å². The normalized spacial score (nSPS) is 11.2. The average molecular weight is 356 g/mol. The minimum Gasteiger partial charge on any atom is -0.298 e. The summed E-state index contributed by atoms with van der Waals surface area (Å²) in [5.74, 6) is -0.540. The molecule has 7 heteroatoms. The van der Waals surface area contributed by atoms with Crippen molar-refractivity contribution in [2.45, 2.75) is 20.8 Å². The third-order valence-electron chi connectivity index (χ3n) is 3.67. The molecule has 3 aromatic rings. The second kappa shape index (κ2) is 6.98. The Kier molecular flexibility index (Phi) is 4.76. The van der Waals surface area contributed by atoms with Gasteiger partial charge in [-0.3, -0.25) is 10.1 Å². The number of benzene rings is 1. The van der Waals surface area contributed by atoms with Crippen molar-refractivity contribution in [3.05, 3.63) is 64.2 Å². The van der Waals surface area contributed by atoms with E-state index in [2.05, 4.69) is 15.4 Å². The summed E-state index contributed by atoms with van der Waals surface area (Å²) in [5.41, 5.74) is 4.16. The molecule has 0 saturated carbocycles. The predicted octanol–water partition coefficient (Wildman–Crippen LogP) is 4.05. The number of hydrogen-bond acceptors (Lipinski definition) is 4. The highest BCUT2D eigenvalue weighted by atomic mass is 32.1. The molecule has 0 unspecified atom stereocenters. The van der Waals surface area contributed by atoms with Gasteiger partial charge in [0.15, 0.2) is 5.13 Å². The fourth-order valence-corrected chi connectivity index (χ4v) is 3.14. The van der Waals surface area contributed by atoms with Crippen LogP contribution in [-0.4, -0.2) is 20.7 Å². The highest BCUT2D eigenvalue weighted by molar-refractivity contribution is 7.13. The molecule has 0 atom stereocenters. The molecule has 1 amide bonds. The van der Waals surface area contributed by atoms with E-state index in [0.29, 0.717) is 5.13 Å². The zero-order chi connectivity index (χ0) is 18.0. The summed E-state index contributed by atoms with van der Waals surface area (Å²) in [6, 6.07) is 6.12. The number of nitrogens with zero attached hydrogens (tertiary/aromatic N) is 3. The molecule has 0 fully saturated rings. The van der Waals surface area contributed by atoms with Crippen molar-refractivity contribution in [1.82, 2.24) is 14.8 Å². The Morgan fingerprint density at radius 3 is 2.60 bits per heavy atom. The first kappa shape index (κ1) is 17.0. The number of carbonyl (C=O) groups is 1. The van der Waals surface area contributed by atoms with Gasteiger partial charge in [0, 0.05) is 22.7 Å². The van der Waals surface area contributed by atoms with Crippen LogP contribution in [0, 0.1) is 26.6 Å². The highest BCUT2D eigenvalue weighted by Gasteiger charge is 2.11. The molecule has 1 aromatic carbocycles. The molecule has 0 aliphatic carbocycles. The minimum absolute atomic E-state index is 0.248. The second-order valence-corrected chi connectivity index (χ2v) is 6.45. The van der Waals surface area contributed by atoms with Gasteiger partial charge in [0.05, 0.1) is 17.1 Å². The molecule has 128 valence electrons. The molecule has 0 bridgehead atoms. The molecule has 2 heterocycles. The van der Waals surface area contributed by atoms with Gasteiger partial charge in [0.1, 0.15) is 5.82 Å². The van der Waals surface area contributed by atoms with Crippen LogP contribution in [-0.2, 0) is 4.79 Å². The lowest BCUT2D eigenvalue weighted by Crippen LogP contribution is -2.07. The number of carbonyl (C=O) groups excluding carboxylic acids is 1. The predicted molar refractivity (Wildman–Crippen MR) is 97.5 cm³/mol. The van der Waals surface area contributed by atoms with Gasteiger partial charge in [0.2, 0.25) is 5.91 Å². The maximum Gasteiger partial charge on any atom is 0.250 e. The Labute approximate surface area is 148 Å². The van der Waals surface area contributed by atoms with Gasteiger partial charge in [-0.15, -0.1) is 11.3 Å². The first-order valence-electron chi connectivity index (χ1n) is 7.67. The second-order valence-electron chi connectivity index (χ2n) is 5.59. The molecule has 0 saturated heterocycles. The molecule has 2 aromatic heterocycles. The number of amides is 1. The largest absolute Gasteiger partial charge is 0.298 e. The summed E-state index contributed by atoms with van der Waals surface area (Å²) in [7, 11) is 0. The lowest BCUT2D eigenvalue weighted by Gasteiger charge is -2.04.